The van der Waals surface area contributed by atoms with Gasteiger partial charge in [0, 0.05) is 9.85 Å². The van der Waals surface area contributed by atoms with Crippen molar-refractivity contribution in [3.05, 3.63) is 43.8 Å². The van der Waals surface area contributed by atoms with Gasteiger partial charge in [0.1, 0.15) is 10.7 Å². The molecule has 4 nitrogen and oxygen atoms in total. The van der Waals surface area contributed by atoms with Gasteiger partial charge in [-0.05, 0) is 25.1 Å². The Hall–Kier alpha value is -0.950. The van der Waals surface area contributed by atoms with Crippen LogP contribution in [0.5, 0.6) is 0 Å². The lowest BCUT2D eigenvalue weighted by atomic mass is 10.3. The van der Waals surface area contributed by atoms with Gasteiger partial charge in [0.15, 0.2) is 0 Å². The summed E-state index contributed by atoms with van der Waals surface area (Å²) in [5.74, 6) is -0.299. The first-order valence-electron chi connectivity index (χ1n) is 5.45. The van der Waals surface area contributed by atoms with Crippen LogP contribution in [-0.2, 0) is 0 Å². The number of aromatic nitrogens is 1. The molecule has 1 aromatic carbocycles. The van der Waals surface area contributed by atoms with Crippen molar-refractivity contribution in [3.8, 4) is 0 Å². The Labute approximate surface area is 128 Å². The van der Waals surface area contributed by atoms with Crippen molar-refractivity contribution in [1.82, 2.24) is 4.98 Å². The minimum absolute atomic E-state index is 0.178. The average molecular weight is 361 g/mol. The van der Waals surface area contributed by atoms with E-state index < -0.39 is 0 Å². The number of hydrogen-bond donors (Lipinski definition) is 2. The first kappa shape index (κ1) is 14.5. The molecule has 0 fully saturated rings. The quantitative estimate of drug-likeness (QED) is 0.874. The molecule has 1 heterocycles. The number of halogens is 2. The van der Waals surface area contributed by atoms with Crippen molar-refractivity contribution in [3.63, 3.8) is 0 Å². The summed E-state index contributed by atoms with van der Waals surface area (Å²) in [6, 6.07) is 5.06. The predicted octanol–water partition coefficient (Wildman–Crippen LogP) is 3.83. The van der Waals surface area contributed by atoms with Gasteiger partial charge in [-0.15, -0.1) is 11.3 Å². The highest BCUT2D eigenvalue weighted by Crippen LogP contribution is 2.26. The molecule has 3 N–H and O–H groups in total. The summed E-state index contributed by atoms with van der Waals surface area (Å²) in [7, 11) is 0. The van der Waals surface area contributed by atoms with E-state index in [0.717, 1.165) is 9.48 Å². The second-order valence-corrected chi connectivity index (χ2v) is 6.15. The van der Waals surface area contributed by atoms with Gasteiger partial charge in [-0.25, -0.2) is 4.98 Å². The van der Waals surface area contributed by atoms with Crippen LogP contribution in [0.4, 0.5) is 5.69 Å². The van der Waals surface area contributed by atoms with Gasteiger partial charge in [-0.2, -0.15) is 0 Å². The van der Waals surface area contributed by atoms with E-state index in [-0.39, 0.29) is 11.9 Å². The normalized spacial score (nSPS) is 12.2. The van der Waals surface area contributed by atoms with Gasteiger partial charge in [0.25, 0.3) is 5.91 Å². The first-order valence-corrected chi connectivity index (χ1v) is 7.50. The fourth-order valence-electron chi connectivity index (χ4n) is 1.38. The molecule has 0 saturated carbocycles. The Morgan fingerprint density at radius 2 is 2.32 bits per heavy atom. The first-order chi connectivity index (χ1) is 8.97. The molecular formula is C12H11BrClN3OS. The lowest BCUT2D eigenvalue weighted by Gasteiger charge is -2.06. The SMILES string of the molecule is CC(N)c1nc(C(=O)Nc2ccc(Br)cc2Cl)cs1. The highest BCUT2D eigenvalue weighted by molar-refractivity contribution is 9.10. The largest absolute Gasteiger partial charge is 0.322 e. The molecule has 0 radical (unpaired) electrons. The zero-order chi connectivity index (χ0) is 14.0. The van der Waals surface area contributed by atoms with Crippen molar-refractivity contribution in [2.45, 2.75) is 13.0 Å². The van der Waals surface area contributed by atoms with Crippen molar-refractivity contribution in [1.29, 1.82) is 0 Å². The van der Waals surface area contributed by atoms with E-state index in [4.69, 9.17) is 17.3 Å². The third-order valence-corrected chi connectivity index (χ3v) is 4.18. The van der Waals surface area contributed by atoms with Crippen LogP contribution in [-0.4, -0.2) is 10.9 Å². The van der Waals surface area contributed by atoms with Gasteiger partial charge in [-0.3, -0.25) is 4.79 Å². The van der Waals surface area contributed by atoms with Gasteiger partial charge >= 0.3 is 0 Å². The summed E-state index contributed by atoms with van der Waals surface area (Å²) in [6.07, 6.45) is 0. The van der Waals surface area contributed by atoms with E-state index in [2.05, 4.69) is 26.2 Å². The molecule has 2 aromatic rings. The van der Waals surface area contributed by atoms with Crippen LogP contribution in [0.3, 0.4) is 0 Å². The molecule has 1 amide bonds. The summed E-state index contributed by atoms with van der Waals surface area (Å²) in [5.41, 5.74) is 6.60. The van der Waals surface area contributed by atoms with Crippen molar-refractivity contribution < 1.29 is 4.79 Å². The Morgan fingerprint density at radius 1 is 1.58 bits per heavy atom. The summed E-state index contributed by atoms with van der Waals surface area (Å²) in [4.78, 5) is 16.2. The minimum atomic E-state index is -0.299. The zero-order valence-corrected chi connectivity index (χ0v) is 13.1. The van der Waals surface area contributed by atoms with E-state index in [1.54, 1.807) is 23.6 Å². The van der Waals surface area contributed by atoms with Crippen LogP contribution in [0.25, 0.3) is 0 Å². The van der Waals surface area contributed by atoms with E-state index in [1.807, 2.05) is 6.92 Å². The van der Waals surface area contributed by atoms with Gasteiger partial charge in [-0.1, -0.05) is 27.5 Å². The Kier molecular flexibility index (Phi) is 4.57. The predicted molar refractivity (Wildman–Crippen MR) is 81.8 cm³/mol. The Balaban J connectivity index is 2.16. The number of nitrogens with one attached hydrogen (secondary N) is 1. The molecule has 1 atom stereocenters. The molecule has 2 rings (SSSR count). The maximum atomic E-state index is 12.0. The lowest BCUT2D eigenvalue weighted by Crippen LogP contribution is -2.13. The molecule has 1 aromatic heterocycles. The van der Waals surface area contributed by atoms with Crippen LogP contribution in [0.15, 0.2) is 28.1 Å². The average Bonchev–Trinajstić information content (AvgIpc) is 2.82. The summed E-state index contributed by atoms with van der Waals surface area (Å²) in [6.45, 7) is 1.83. The smallest absolute Gasteiger partial charge is 0.275 e. The van der Waals surface area contributed by atoms with Gasteiger partial charge < -0.3 is 11.1 Å². The van der Waals surface area contributed by atoms with Crippen LogP contribution in [0, 0.1) is 0 Å². The molecule has 1 unspecified atom stereocenters. The van der Waals surface area contributed by atoms with Crippen molar-refractivity contribution in [2.75, 3.05) is 5.32 Å². The minimum Gasteiger partial charge on any atom is -0.322 e. The summed E-state index contributed by atoms with van der Waals surface area (Å²) >= 11 is 10.7. The molecule has 19 heavy (non-hydrogen) atoms. The van der Waals surface area contributed by atoms with Crippen molar-refractivity contribution >= 4 is 50.5 Å². The molecule has 0 aliphatic carbocycles. The molecule has 0 aliphatic rings. The number of amides is 1. The molecule has 0 spiro atoms. The van der Waals surface area contributed by atoms with Gasteiger partial charge in [0.05, 0.1) is 16.8 Å². The van der Waals surface area contributed by atoms with Crippen molar-refractivity contribution in [2.24, 2.45) is 5.73 Å². The van der Waals surface area contributed by atoms with E-state index in [9.17, 15) is 4.79 Å². The lowest BCUT2D eigenvalue weighted by molar-refractivity contribution is 0.102. The number of nitrogens with two attached hydrogens (primary N) is 1. The molecule has 0 bridgehead atoms. The maximum Gasteiger partial charge on any atom is 0.275 e. The highest BCUT2D eigenvalue weighted by atomic mass is 79.9. The maximum absolute atomic E-state index is 12.0. The fraction of sp³-hybridized carbons (Fsp3) is 0.167. The number of carbonyl (C=O) groups is 1. The molecule has 7 heteroatoms. The fourth-order valence-corrected chi connectivity index (χ4v) is 2.86. The monoisotopic (exact) mass is 359 g/mol. The molecular weight excluding hydrogens is 350 g/mol. The Morgan fingerprint density at radius 3 is 2.89 bits per heavy atom. The number of anilines is 1. The highest BCUT2D eigenvalue weighted by Gasteiger charge is 2.14. The zero-order valence-electron chi connectivity index (χ0n) is 9.98. The second-order valence-electron chi connectivity index (χ2n) is 3.94. The number of carbonyl (C=O) groups excluding carboxylic acids is 1. The topological polar surface area (TPSA) is 68.0 Å². The molecule has 0 aliphatic heterocycles. The summed E-state index contributed by atoms with van der Waals surface area (Å²) < 4.78 is 0.850. The number of benzene rings is 1. The third kappa shape index (κ3) is 3.54. The Bertz CT molecular complexity index is 615. The van der Waals surface area contributed by atoms with Crippen LogP contribution >= 0.6 is 38.9 Å². The standard InChI is InChI=1S/C12H11BrClN3OS/c1-6(15)12-17-10(5-19-12)11(18)16-9-3-2-7(13)4-8(9)14/h2-6H,15H2,1H3,(H,16,18). The molecule has 100 valence electrons. The number of nitrogens with zero attached hydrogens (tertiary/aromatic N) is 1. The van der Waals surface area contributed by atoms with Gasteiger partial charge in [0.2, 0.25) is 0 Å². The van der Waals surface area contributed by atoms with E-state index >= 15 is 0 Å². The number of hydrogen-bond acceptors (Lipinski definition) is 4. The summed E-state index contributed by atoms with van der Waals surface area (Å²) in [5, 5.41) is 5.59. The number of rotatable bonds is 3. The molecule has 0 saturated heterocycles. The third-order valence-electron chi connectivity index (χ3n) is 2.32. The second kappa shape index (κ2) is 6.00. The number of thiazole rings is 1. The van der Waals surface area contributed by atoms with E-state index in [0.29, 0.717) is 16.4 Å². The van der Waals surface area contributed by atoms with E-state index in [1.165, 1.54) is 11.3 Å². The van der Waals surface area contributed by atoms with Crippen LogP contribution in [0.2, 0.25) is 5.02 Å². The van der Waals surface area contributed by atoms with Crippen LogP contribution < -0.4 is 11.1 Å². The van der Waals surface area contributed by atoms with Crippen LogP contribution in [0.1, 0.15) is 28.5 Å².